The fourth-order valence-corrected chi connectivity index (χ4v) is 6.56. The number of anilines is 1. The summed E-state index contributed by atoms with van der Waals surface area (Å²) in [7, 11) is 0. The first-order chi connectivity index (χ1) is 15.0. The van der Waals surface area contributed by atoms with Crippen molar-refractivity contribution in [1.82, 2.24) is 5.32 Å². The van der Waals surface area contributed by atoms with Gasteiger partial charge in [-0.3, -0.25) is 14.4 Å². The average molecular weight is 441 g/mol. The summed E-state index contributed by atoms with van der Waals surface area (Å²) in [5, 5.41) is 16.0. The molecule has 8 heteroatoms. The Kier molecular flexibility index (Phi) is 5.17. The van der Waals surface area contributed by atoms with Crippen LogP contribution in [0.3, 0.4) is 0 Å². The van der Waals surface area contributed by atoms with E-state index in [2.05, 4.69) is 10.6 Å². The van der Waals surface area contributed by atoms with Crippen LogP contribution in [0.15, 0.2) is 35.0 Å². The Labute approximate surface area is 183 Å². The highest BCUT2D eigenvalue weighted by Crippen LogP contribution is 2.49. The second-order valence-corrected chi connectivity index (χ2v) is 9.61. The van der Waals surface area contributed by atoms with Crippen molar-refractivity contribution < 1.29 is 23.9 Å². The van der Waals surface area contributed by atoms with Gasteiger partial charge in [0.1, 0.15) is 10.8 Å². The van der Waals surface area contributed by atoms with Crippen LogP contribution in [0.2, 0.25) is 0 Å². The highest BCUT2D eigenvalue weighted by Gasteiger charge is 2.51. The predicted molar refractivity (Wildman–Crippen MR) is 115 cm³/mol. The van der Waals surface area contributed by atoms with Gasteiger partial charge in [-0.05, 0) is 61.6 Å². The molecule has 4 unspecified atom stereocenters. The summed E-state index contributed by atoms with van der Waals surface area (Å²) in [5.74, 6) is -2.29. The van der Waals surface area contributed by atoms with E-state index in [0.717, 1.165) is 36.1 Å². The number of hydrogen-bond donors (Lipinski definition) is 3. The lowest BCUT2D eigenvalue weighted by molar-refractivity contribution is -0.146. The van der Waals surface area contributed by atoms with Gasteiger partial charge in [-0.25, -0.2) is 0 Å². The number of hydrogen-bond acceptors (Lipinski definition) is 5. The van der Waals surface area contributed by atoms with Crippen LogP contribution in [0.5, 0.6) is 0 Å². The number of amides is 2. The van der Waals surface area contributed by atoms with E-state index in [1.807, 2.05) is 12.2 Å². The summed E-state index contributed by atoms with van der Waals surface area (Å²) in [6.45, 7) is 0.266. The van der Waals surface area contributed by atoms with E-state index in [1.54, 1.807) is 18.4 Å². The molecule has 4 atom stereocenters. The van der Waals surface area contributed by atoms with Gasteiger partial charge in [-0.1, -0.05) is 12.2 Å². The Hall–Kier alpha value is -2.87. The third kappa shape index (κ3) is 3.59. The Bertz CT molecular complexity index is 1050. The molecular formula is C23H24N2O5S. The van der Waals surface area contributed by atoms with Crippen molar-refractivity contribution in [3.05, 3.63) is 52.3 Å². The van der Waals surface area contributed by atoms with Crippen molar-refractivity contribution >= 4 is 34.1 Å². The molecule has 0 spiro atoms. The average Bonchev–Trinajstić information content (AvgIpc) is 3.54. The molecule has 3 aliphatic carbocycles. The van der Waals surface area contributed by atoms with E-state index >= 15 is 0 Å². The van der Waals surface area contributed by atoms with Crippen molar-refractivity contribution in [2.45, 2.75) is 38.6 Å². The maximum atomic E-state index is 13.2. The first kappa shape index (κ1) is 20.1. The molecule has 0 aromatic carbocycles. The molecule has 31 heavy (non-hydrogen) atoms. The lowest BCUT2D eigenvalue weighted by Crippen LogP contribution is -2.36. The summed E-state index contributed by atoms with van der Waals surface area (Å²) < 4.78 is 5.29. The van der Waals surface area contributed by atoms with Crippen molar-refractivity contribution in [2.24, 2.45) is 23.7 Å². The van der Waals surface area contributed by atoms with Crippen molar-refractivity contribution in [3.8, 4) is 0 Å². The van der Waals surface area contributed by atoms with Gasteiger partial charge in [-0.15, -0.1) is 11.3 Å². The maximum Gasteiger partial charge on any atom is 0.307 e. The molecule has 2 aromatic rings. The molecule has 5 rings (SSSR count). The monoisotopic (exact) mass is 440 g/mol. The van der Waals surface area contributed by atoms with Crippen LogP contribution >= 0.6 is 11.3 Å². The lowest BCUT2D eigenvalue weighted by Gasteiger charge is -2.23. The Morgan fingerprint density at radius 3 is 2.65 bits per heavy atom. The summed E-state index contributed by atoms with van der Waals surface area (Å²) in [6.07, 6.45) is 9.91. The first-order valence-corrected chi connectivity index (χ1v) is 11.5. The number of aliphatic carboxylic acids is 1. The number of carboxylic acid groups (broad SMARTS) is 1. The van der Waals surface area contributed by atoms with Crippen molar-refractivity contribution in [2.75, 3.05) is 5.32 Å². The minimum Gasteiger partial charge on any atom is -0.481 e. The molecule has 2 bridgehead atoms. The Morgan fingerprint density at radius 1 is 1.13 bits per heavy atom. The largest absolute Gasteiger partial charge is 0.481 e. The van der Waals surface area contributed by atoms with Gasteiger partial charge in [0.25, 0.3) is 5.91 Å². The third-order valence-electron chi connectivity index (χ3n) is 6.69. The van der Waals surface area contributed by atoms with Gasteiger partial charge in [0.15, 0.2) is 0 Å². The van der Waals surface area contributed by atoms with Gasteiger partial charge in [0.05, 0.1) is 30.2 Å². The number of nitrogens with one attached hydrogen (secondary N) is 2. The maximum absolute atomic E-state index is 13.2. The number of fused-ring (bicyclic) bond motifs is 3. The third-order valence-corrected chi connectivity index (χ3v) is 7.89. The van der Waals surface area contributed by atoms with Crippen LogP contribution in [0.1, 0.15) is 45.8 Å². The fourth-order valence-electron chi connectivity index (χ4n) is 5.27. The quantitative estimate of drug-likeness (QED) is 0.595. The van der Waals surface area contributed by atoms with Gasteiger partial charge in [-0.2, -0.15) is 0 Å². The van der Waals surface area contributed by atoms with Crippen molar-refractivity contribution in [1.29, 1.82) is 0 Å². The lowest BCUT2D eigenvalue weighted by atomic mass is 9.82. The van der Waals surface area contributed by atoms with Crippen LogP contribution in [-0.2, 0) is 29.0 Å². The highest BCUT2D eigenvalue weighted by molar-refractivity contribution is 7.17. The number of allylic oxidation sites excluding steroid dienone is 2. The number of carboxylic acids is 1. The molecule has 0 saturated heterocycles. The molecule has 3 N–H and O–H groups in total. The molecule has 2 heterocycles. The number of carbonyl (C=O) groups is 3. The Balaban J connectivity index is 1.40. The van der Waals surface area contributed by atoms with Gasteiger partial charge >= 0.3 is 5.97 Å². The summed E-state index contributed by atoms with van der Waals surface area (Å²) >= 11 is 1.45. The molecule has 0 radical (unpaired) electrons. The predicted octanol–water partition coefficient (Wildman–Crippen LogP) is 3.61. The van der Waals surface area contributed by atoms with Crippen molar-refractivity contribution in [3.63, 3.8) is 0 Å². The van der Waals surface area contributed by atoms with Crippen LogP contribution in [0, 0.1) is 23.7 Å². The highest BCUT2D eigenvalue weighted by atomic mass is 32.1. The second kappa shape index (κ2) is 8.00. The first-order valence-electron chi connectivity index (χ1n) is 10.7. The number of furan rings is 1. The van der Waals surface area contributed by atoms with E-state index in [0.29, 0.717) is 22.7 Å². The zero-order valence-electron chi connectivity index (χ0n) is 16.9. The normalized spacial score (nSPS) is 25.9. The van der Waals surface area contributed by atoms with E-state index in [4.69, 9.17) is 4.42 Å². The van der Waals surface area contributed by atoms with Crippen LogP contribution in [0.4, 0.5) is 5.00 Å². The topological polar surface area (TPSA) is 109 Å². The summed E-state index contributed by atoms with van der Waals surface area (Å²) in [5.41, 5.74) is 1.52. The molecule has 1 saturated carbocycles. The van der Waals surface area contributed by atoms with Crippen LogP contribution < -0.4 is 10.6 Å². The van der Waals surface area contributed by atoms with E-state index in [1.165, 1.54) is 11.3 Å². The molecule has 1 fully saturated rings. The van der Waals surface area contributed by atoms with E-state index in [-0.39, 0.29) is 30.2 Å². The van der Waals surface area contributed by atoms with Gasteiger partial charge in [0.2, 0.25) is 5.91 Å². The molecule has 0 aliphatic heterocycles. The molecule has 2 aromatic heterocycles. The summed E-state index contributed by atoms with van der Waals surface area (Å²) in [4.78, 5) is 39.2. The van der Waals surface area contributed by atoms with E-state index in [9.17, 15) is 19.5 Å². The summed E-state index contributed by atoms with van der Waals surface area (Å²) in [6, 6.07) is 3.56. The number of carbonyl (C=O) groups excluding carboxylic acids is 2. The minimum absolute atomic E-state index is 0.0584. The molecular weight excluding hydrogens is 416 g/mol. The van der Waals surface area contributed by atoms with E-state index < -0.39 is 17.8 Å². The molecule has 3 aliphatic rings. The number of rotatable bonds is 6. The number of aryl methyl sites for hydroxylation is 1. The van der Waals surface area contributed by atoms with Gasteiger partial charge < -0.3 is 20.2 Å². The van der Waals surface area contributed by atoms with Crippen LogP contribution in [0.25, 0.3) is 0 Å². The number of thiophene rings is 1. The van der Waals surface area contributed by atoms with Crippen LogP contribution in [-0.4, -0.2) is 22.9 Å². The second-order valence-electron chi connectivity index (χ2n) is 8.50. The standard InChI is InChI=1S/C23H24N2O5S/c26-20(24-11-14-4-3-9-30-14)19-15-5-1-2-6-16(15)31-22(19)25-21(27)17-12-7-8-13(10-12)18(17)23(28)29/h3-4,7-9,12-13,17-18H,1-2,5-6,10-11H2,(H,24,26)(H,25,27)(H,28,29). The Morgan fingerprint density at radius 2 is 1.90 bits per heavy atom. The SMILES string of the molecule is O=C(NCc1ccco1)c1c(NC(=O)C2C3C=CC(C3)C2C(=O)O)sc2c1CCCC2. The molecule has 7 nitrogen and oxygen atoms in total. The molecule has 162 valence electrons. The molecule has 2 amide bonds. The smallest absolute Gasteiger partial charge is 0.307 e. The minimum atomic E-state index is -0.932. The fraction of sp³-hybridized carbons (Fsp3) is 0.435. The van der Waals surface area contributed by atoms with Gasteiger partial charge in [0, 0.05) is 4.88 Å². The zero-order valence-corrected chi connectivity index (χ0v) is 17.7. The zero-order chi connectivity index (χ0) is 21.5.